The van der Waals surface area contributed by atoms with Gasteiger partial charge in [0.15, 0.2) is 0 Å². The average Bonchev–Trinajstić information content (AvgIpc) is 2.57. The highest BCUT2D eigenvalue weighted by Gasteiger charge is 2.28. The van der Waals surface area contributed by atoms with Gasteiger partial charge in [-0.25, -0.2) is 4.79 Å². The Morgan fingerprint density at radius 3 is 2.33 bits per heavy atom. The second-order valence-corrected chi connectivity index (χ2v) is 5.90. The summed E-state index contributed by atoms with van der Waals surface area (Å²) in [7, 11) is 0. The quantitative estimate of drug-likeness (QED) is 0.806. The lowest BCUT2D eigenvalue weighted by Crippen LogP contribution is -2.53. The largest absolute Gasteiger partial charge is 0.450 e. The van der Waals surface area contributed by atoms with Crippen molar-refractivity contribution < 1.29 is 19.1 Å². The number of benzene rings is 1. The van der Waals surface area contributed by atoms with Crippen LogP contribution in [0.5, 0.6) is 0 Å². The van der Waals surface area contributed by atoms with E-state index >= 15 is 0 Å². The molecule has 2 rings (SSSR count). The first-order valence-electron chi connectivity index (χ1n) is 7.39. The van der Waals surface area contributed by atoms with Crippen molar-refractivity contribution in [3.8, 4) is 0 Å². The Kier molecular flexibility index (Phi) is 6.28. The fourth-order valence-corrected chi connectivity index (χ4v) is 2.67. The first-order chi connectivity index (χ1) is 11.4. The molecule has 24 heavy (non-hydrogen) atoms. The topological polar surface area (TPSA) is 79.0 Å². The molecule has 1 aliphatic heterocycles. The van der Waals surface area contributed by atoms with Gasteiger partial charge in [-0.1, -0.05) is 23.2 Å². The molecule has 1 aromatic rings. The first-order valence-corrected chi connectivity index (χ1v) is 8.15. The molecule has 1 heterocycles. The van der Waals surface area contributed by atoms with E-state index in [2.05, 4.69) is 5.32 Å². The molecule has 0 bridgehead atoms. The van der Waals surface area contributed by atoms with Crippen LogP contribution in [0.25, 0.3) is 0 Å². The second kappa shape index (κ2) is 8.21. The third-order valence-corrected chi connectivity index (χ3v) is 4.01. The molecule has 1 aromatic carbocycles. The van der Waals surface area contributed by atoms with Crippen LogP contribution in [0.1, 0.15) is 6.92 Å². The first kappa shape index (κ1) is 18.4. The van der Waals surface area contributed by atoms with Crippen LogP contribution in [0.15, 0.2) is 18.2 Å². The van der Waals surface area contributed by atoms with Gasteiger partial charge in [-0.15, -0.1) is 0 Å². The van der Waals surface area contributed by atoms with Gasteiger partial charge in [0.2, 0.25) is 0 Å². The summed E-state index contributed by atoms with van der Waals surface area (Å²) >= 11 is 11.8. The number of piperazine rings is 1. The number of halogens is 2. The van der Waals surface area contributed by atoms with Crippen molar-refractivity contribution in [3.05, 3.63) is 28.2 Å². The number of anilines is 1. The molecule has 0 aromatic heterocycles. The summed E-state index contributed by atoms with van der Waals surface area (Å²) in [6.07, 6.45) is -0.415. The minimum Gasteiger partial charge on any atom is -0.450 e. The zero-order valence-electron chi connectivity index (χ0n) is 13.1. The summed E-state index contributed by atoms with van der Waals surface area (Å²) in [5.74, 6) is -1.46. The van der Waals surface area contributed by atoms with Gasteiger partial charge < -0.3 is 19.9 Å². The van der Waals surface area contributed by atoms with E-state index in [4.69, 9.17) is 27.9 Å². The summed E-state index contributed by atoms with van der Waals surface area (Å²) in [6, 6.07) is 4.56. The van der Waals surface area contributed by atoms with Crippen molar-refractivity contribution in [1.29, 1.82) is 0 Å². The van der Waals surface area contributed by atoms with Crippen molar-refractivity contribution in [3.63, 3.8) is 0 Å². The molecule has 0 unspecified atom stereocenters. The summed E-state index contributed by atoms with van der Waals surface area (Å²) in [5, 5.41) is 3.14. The highest BCUT2D eigenvalue weighted by Crippen LogP contribution is 2.25. The van der Waals surface area contributed by atoms with Gasteiger partial charge in [0.25, 0.3) is 0 Å². The van der Waals surface area contributed by atoms with Crippen molar-refractivity contribution in [2.45, 2.75) is 6.92 Å². The molecule has 9 heteroatoms. The number of nitrogens with zero attached hydrogens (tertiary/aromatic N) is 2. The molecule has 0 spiro atoms. The van der Waals surface area contributed by atoms with E-state index in [1.165, 1.54) is 21.9 Å². The van der Waals surface area contributed by atoms with E-state index in [1.807, 2.05) is 0 Å². The third-order valence-electron chi connectivity index (χ3n) is 3.47. The van der Waals surface area contributed by atoms with Crippen molar-refractivity contribution >= 4 is 46.8 Å². The minimum atomic E-state index is -0.788. The number of nitrogens with one attached hydrogen (secondary N) is 1. The van der Waals surface area contributed by atoms with Crippen LogP contribution >= 0.6 is 23.2 Å². The van der Waals surface area contributed by atoms with E-state index in [0.29, 0.717) is 30.4 Å². The Balaban J connectivity index is 1.90. The van der Waals surface area contributed by atoms with Crippen molar-refractivity contribution in [2.75, 3.05) is 38.1 Å². The van der Waals surface area contributed by atoms with Gasteiger partial charge in [0.05, 0.1) is 17.3 Å². The summed E-state index contributed by atoms with van der Waals surface area (Å²) in [4.78, 5) is 38.8. The fourth-order valence-electron chi connectivity index (χ4n) is 2.22. The number of carbonyl (C=O) groups is 3. The smallest absolute Gasteiger partial charge is 0.409 e. The lowest BCUT2D eigenvalue weighted by molar-refractivity contribution is -0.144. The zero-order chi connectivity index (χ0) is 17.7. The fraction of sp³-hybridized carbons (Fsp3) is 0.400. The SMILES string of the molecule is CCOC(=O)N1CCN(C(=O)C(=O)Nc2ccc(Cl)cc2Cl)CC1. The maximum Gasteiger partial charge on any atom is 0.409 e. The minimum absolute atomic E-state index is 0.246. The Labute approximate surface area is 149 Å². The molecule has 3 amide bonds. The number of ether oxygens (including phenoxy) is 1. The summed E-state index contributed by atoms with van der Waals surface area (Å²) in [6.45, 7) is 3.18. The lowest BCUT2D eigenvalue weighted by atomic mass is 10.3. The van der Waals surface area contributed by atoms with Crippen LogP contribution in [-0.2, 0) is 14.3 Å². The van der Waals surface area contributed by atoms with Crippen LogP contribution in [-0.4, -0.2) is 60.5 Å². The van der Waals surface area contributed by atoms with Gasteiger partial charge in [-0.3, -0.25) is 9.59 Å². The number of carbonyl (C=O) groups excluding carboxylic acids is 3. The monoisotopic (exact) mass is 373 g/mol. The molecule has 1 fully saturated rings. The normalized spacial score (nSPS) is 14.3. The van der Waals surface area contributed by atoms with Gasteiger partial charge in [-0.2, -0.15) is 0 Å². The van der Waals surface area contributed by atoms with Gasteiger partial charge >= 0.3 is 17.9 Å². The van der Waals surface area contributed by atoms with E-state index < -0.39 is 17.9 Å². The second-order valence-electron chi connectivity index (χ2n) is 5.06. The predicted molar refractivity (Wildman–Crippen MR) is 90.3 cm³/mol. The standard InChI is InChI=1S/C15H17Cl2N3O4/c1-2-24-15(23)20-7-5-19(6-8-20)14(22)13(21)18-12-4-3-10(16)9-11(12)17/h3-4,9H,2,5-8H2,1H3,(H,18,21). The van der Waals surface area contributed by atoms with Crippen LogP contribution in [0.2, 0.25) is 10.0 Å². The summed E-state index contributed by atoms with van der Waals surface area (Å²) in [5.41, 5.74) is 0.310. The van der Waals surface area contributed by atoms with Crippen LogP contribution in [0.4, 0.5) is 10.5 Å². The molecular formula is C15H17Cl2N3O4. The predicted octanol–water partition coefficient (Wildman–Crippen LogP) is 2.23. The molecule has 1 aliphatic rings. The molecule has 0 aliphatic carbocycles. The molecule has 1 N–H and O–H groups in total. The van der Waals surface area contributed by atoms with E-state index in [0.717, 1.165) is 0 Å². The Morgan fingerprint density at radius 1 is 1.12 bits per heavy atom. The molecule has 7 nitrogen and oxygen atoms in total. The molecular weight excluding hydrogens is 357 g/mol. The maximum absolute atomic E-state index is 12.2. The van der Waals surface area contributed by atoms with Crippen molar-refractivity contribution in [1.82, 2.24) is 9.80 Å². The van der Waals surface area contributed by atoms with Gasteiger partial charge in [0.1, 0.15) is 0 Å². The van der Waals surface area contributed by atoms with E-state index in [1.54, 1.807) is 13.0 Å². The van der Waals surface area contributed by atoms with Crippen molar-refractivity contribution in [2.24, 2.45) is 0 Å². The third kappa shape index (κ3) is 4.52. The number of hydrogen-bond acceptors (Lipinski definition) is 4. The Hall–Kier alpha value is -1.99. The van der Waals surface area contributed by atoms with Crippen LogP contribution < -0.4 is 5.32 Å². The Morgan fingerprint density at radius 2 is 1.75 bits per heavy atom. The molecule has 0 atom stereocenters. The number of amides is 3. The molecule has 0 saturated carbocycles. The maximum atomic E-state index is 12.2. The zero-order valence-corrected chi connectivity index (χ0v) is 14.6. The van der Waals surface area contributed by atoms with Crippen LogP contribution in [0.3, 0.4) is 0 Å². The average molecular weight is 374 g/mol. The van der Waals surface area contributed by atoms with Crippen LogP contribution in [0, 0.1) is 0 Å². The van der Waals surface area contributed by atoms with Gasteiger partial charge in [0, 0.05) is 31.2 Å². The number of rotatable bonds is 2. The molecule has 0 radical (unpaired) electrons. The highest BCUT2D eigenvalue weighted by atomic mass is 35.5. The van der Waals surface area contributed by atoms with E-state index in [-0.39, 0.29) is 18.1 Å². The van der Waals surface area contributed by atoms with E-state index in [9.17, 15) is 14.4 Å². The highest BCUT2D eigenvalue weighted by molar-refractivity contribution is 6.42. The lowest BCUT2D eigenvalue weighted by Gasteiger charge is -2.33. The molecule has 130 valence electrons. The van der Waals surface area contributed by atoms with Gasteiger partial charge in [-0.05, 0) is 25.1 Å². The Bertz CT molecular complexity index is 646. The number of hydrogen-bond donors (Lipinski definition) is 1. The summed E-state index contributed by atoms with van der Waals surface area (Å²) < 4.78 is 4.91. The molecule has 1 saturated heterocycles.